The van der Waals surface area contributed by atoms with Crippen molar-refractivity contribution in [2.45, 2.75) is 25.9 Å². The lowest BCUT2D eigenvalue weighted by atomic mass is 10.1. The minimum atomic E-state index is 0.288. The second-order valence-electron chi connectivity index (χ2n) is 3.61. The number of hydrogen-bond acceptors (Lipinski definition) is 3. The topological polar surface area (TPSA) is 21.3 Å². The van der Waals surface area contributed by atoms with Gasteiger partial charge in [-0.25, -0.2) is 0 Å². The molecule has 1 atom stereocenters. The van der Waals surface area contributed by atoms with Gasteiger partial charge in [0.1, 0.15) is 0 Å². The van der Waals surface area contributed by atoms with Crippen LogP contribution in [0.2, 0.25) is 0 Å². The molecule has 1 unspecified atom stereocenters. The van der Waals surface area contributed by atoms with Crippen LogP contribution < -0.4 is 5.32 Å². The van der Waals surface area contributed by atoms with Gasteiger partial charge in [0, 0.05) is 17.8 Å². The first kappa shape index (κ1) is 10.1. The Labute approximate surface area is 89.3 Å². The van der Waals surface area contributed by atoms with Crippen LogP contribution in [0.3, 0.4) is 0 Å². The lowest BCUT2D eigenvalue weighted by Crippen LogP contribution is -2.27. The summed E-state index contributed by atoms with van der Waals surface area (Å²) < 4.78 is 5.75. The molecule has 2 heterocycles. The maximum absolute atomic E-state index is 5.75. The van der Waals surface area contributed by atoms with Crippen LogP contribution in [0.15, 0.2) is 11.4 Å². The van der Waals surface area contributed by atoms with E-state index in [0.717, 1.165) is 26.1 Å². The molecule has 0 bridgehead atoms. The predicted octanol–water partition coefficient (Wildman–Crippen LogP) is 2.36. The fourth-order valence-electron chi connectivity index (χ4n) is 1.80. The molecule has 1 aromatic rings. The van der Waals surface area contributed by atoms with Gasteiger partial charge in [0.25, 0.3) is 0 Å². The van der Waals surface area contributed by atoms with Crippen molar-refractivity contribution in [1.29, 1.82) is 0 Å². The van der Waals surface area contributed by atoms with E-state index in [-0.39, 0.29) is 6.10 Å². The number of fused-ring (bicyclic) bond motifs is 1. The third kappa shape index (κ3) is 2.16. The summed E-state index contributed by atoms with van der Waals surface area (Å²) in [4.78, 5) is 1.51. The Morgan fingerprint density at radius 3 is 3.43 bits per heavy atom. The van der Waals surface area contributed by atoms with Crippen molar-refractivity contribution >= 4 is 11.3 Å². The van der Waals surface area contributed by atoms with E-state index in [1.54, 1.807) is 0 Å². The zero-order chi connectivity index (χ0) is 9.80. The van der Waals surface area contributed by atoms with Crippen molar-refractivity contribution in [2.24, 2.45) is 0 Å². The van der Waals surface area contributed by atoms with Crippen molar-refractivity contribution in [3.05, 3.63) is 21.9 Å². The van der Waals surface area contributed by atoms with E-state index in [1.807, 2.05) is 11.3 Å². The summed E-state index contributed by atoms with van der Waals surface area (Å²) in [5.41, 5.74) is 1.41. The van der Waals surface area contributed by atoms with Gasteiger partial charge in [-0.3, -0.25) is 0 Å². The number of thiophene rings is 1. The summed E-state index contributed by atoms with van der Waals surface area (Å²) in [6.07, 6.45) is 2.57. The van der Waals surface area contributed by atoms with E-state index in [4.69, 9.17) is 4.74 Å². The van der Waals surface area contributed by atoms with E-state index < -0.39 is 0 Å². The van der Waals surface area contributed by atoms with Gasteiger partial charge in [-0.05, 0) is 30.0 Å². The Balaban J connectivity index is 1.94. The van der Waals surface area contributed by atoms with E-state index in [0.29, 0.717) is 0 Å². The molecule has 0 amide bonds. The van der Waals surface area contributed by atoms with Crippen LogP contribution in [0.1, 0.15) is 29.9 Å². The summed E-state index contributed by atoms with van der Waals surface area (Å²) in [5.74, 6) is 0. The molecule has 1 aliphatic heterocycles. The Morgan fingerprint density at radius 2 is 2.57 bits per heavy atom. The van der Waals surface area contributed by atoms with Gasteiger partial charge in [-0.1, -0.05) is 6.92 Å². The molecular formula is C11H17NOS. The molecule has 0 fully saturated rings. The minimum absolute atomic E-state index is 0.288. The van der Waals surface area contributed by atoms with Crippen molar-refractivity contribution < 1.29 is 4.74 Å². The molecule has 3 heteroatoms. The number of hydrogen-bond donors (Lipinski definition) is 1. The van der Waals surface area contributed by atoms with Crippen LogP contribution in [0.4, 0.5) is 0 Å². The lowest BCUT2D eigenvalue weighted by molar-refractivity contribution is 0.0439. The molecule has 78 valence electrons. The monoisotopic (exact) mass is 211 g/mol. The fraction of sp³-hybridized carbons (Fsp3) is 0.636. The molecular weight excluding hydrogens is 194 g/mol. The molecule has 2 nitrogen and oxygen atoms in total. The van der Waals surface area contributed by atoms with Gasteiger partial charge in [-0.2, -0.15) is 0 Å². The summed E-state index contributed by atoms with van der Waals surface area (Å²) in [6.45, 7) is 5.10. The summed E-state index contributed by atoms with van der Waals surface area (Å²) in [7, 11) is 0. The highest BCUT2D eigenvalue weighted by Crippen LogP contribution is 2.30. The first-order valence-corrected chi connectivity index (χ1v) is 6.18. The normalized spacial score (nSPS) is 20.8. The molecule has 1 aliphatic rings. The third-order valence-corrected chi connectivity index (χ3v) is 3.53. The lowest BCUT2D eigenvalue weighted by Gasteiger charge is -2.23. The predicted molar refractivity (Wildman–Crippen MR) is 59.9 cm³/mol. The molecule has 0 spiro atoms. The highest BCUT2D eigenvalue weighted by atomic mass is 32.1. The smallest absolute Gasteiger partial charge is 0.0960 e. The van der Waals surface area contributed by atoms with Crippen molar-refractivity contribution in [1.82, 2.24) is 5.32 Å². The Hall–Kier alpha value is -0.380. The van der Waals surface area contributed by atoms with Gasteiger partial charge in [0.2, 0.25) is 0 Å². The van der Waals surface area contributed by atoms with E-state index >= 15 is 0 Å². The van der Waals surface area contributed by atoms with Gasteiger partial charge < -0.3 is 10.1 Å². The molecule has 0 saturated heterocycles. The highest BCUT2D eigenvalue weighted by molar-refractivity contribution is 7.10. The van der Waals surface area contributed by atoms with Crippen LogP contribution >= 0.6 is 11.3 Å². The average molecular weight is 211 g/mol. The maximum atomic E-state index is 5.75. The van der Waals surface area contributed by atoms with Crippen molar-refractivity contribution in [3.8, 4) is 0 Å². The Morgan fingerprint density at radius 1 is 1.64 bits per heavy atom. The SMILES string of the molecule is CCCNCC1OCCc2sccc21. The second kappa shape index (κ2) is 4.91. The molecule has 14 heavy (non-hydrogen) atoms. The Kier molecular flexibility index (Phi) is 3.56. The van der Waals surface area contributed by atoms with Gasteiger partial charge in [0.05, 0.1) is 12.7 Å². The first-order valence-electron chi connectivity index (χ1n) is 5.30. The van der Waals surface area contributed by atoms with Crippen LogP contribution in [-0.4, -0.2) is 19.7 Å². The number of rotatable bonds is 4. The first-order chi connectivity index (χ1) is 6.92. The molecule has 2 rings (SSSR count). The Bertz CT molecular complexity index is 285. The maximum Gasteiger partial charge on any atom is 0.0960 e. The molecule has 1 aromatic heterocycles. The molecule has 0 aliphatic carbocycles. The van der Waals surface area contributed by atoms with Crippen LogP contribution in [-0.2, 0) is 11.2 Å². The van der Waals surface area contributed by atoms with Crippen molar-refractivity contribution in [3.63, 3.8) is 0 Å². The van der Waals surface area contributed by atoms with Gasteiger partial charge >= 0.3 is 0 Å². The zero-order valence-corrected chi connectivity index (χ0v) is 9.40. The van der Waals surface area contributed by atoms with Gasteiger partial charge in [0.15, 0.2) is 0 Å². The summed E-state index contributed by atoms with van der Waals surface area (Å²) in [6, 6.07) is 2.21. The molecule has 0 radical (unpaired) electrons. The second-order valence-corrected chi connectivity index (χ2v) is 4.61. The van der Waals surface area contributed by atoms with Crippen molar-refractivity contribution in [2.75, 3.05) is 19.7 Å². The van der Waals surface area contributed by atoms with E-state index in [1.165, 1.54) is 16.9 Å². The van der Waals surface area contributed by atoms with E-state index in [9.17, 15) is 0 Å². The molecule has 1 N–H and O–H groups in total. The quantitative estimate of drug-likeness (QED) is 0.772. The number of nitrogens with one attached hydrogen (secondary N) is 1. The minimum Gasteiger partial charge on any atom is -0.372 e. The van der Waals surface area contributed by atoms with E-state index in [2.05, 4.69) is 23.7 Å². The number of ether oxygens (including phenoxy) is 1. The highest BCUT2D eigenvalue weighted by Gasteiger charge is 2.20. The van der Waals surface area contributed by atoms with Crippen LogP contribution in [0, 0.1) is 0 Å². The summed E-state index contributed by atoms with van der Waals surface area (Å²) in [5, 5.41) is 5.59. The standard InChI is InChI=1S/C11H17NOS/c1-2-5-12-8-10-9-4-7-14-11(9)3-6-13-10/h4,7,10,12H,2-3,5-6,8H2,1H3. The zero-order valence-electron chi connectivity index (χ0n) is 8.58. The largest absolute Gasteiger partial charge is 0.372 e. The fourth-order valence-corrected chi connectivity index (χ4v) is 2.72. The van der Waals surface area contributed by atoms with Crippen LogP contribution in [0.5, 0.6) is 0 Å². The average Bonchev–Trinajstić information content (AvgIpc) is 2.67. The third-order valence-electron chi connectivity index (χ3n) is 2.53. The summed E-state index contributed by atoms with van der Waals surface area (Å²) >= 11 is 1.86. The van der Waals surface area contributed by atoms with Crippen LogP contribution in [0.25, 0.3) is 0 Å². The van der Waals surface area contributed by atoms with Gasteiger partial charge in [-0.15, -0.1) is 11.3 Å². The molecule has 0 aromatic carbocycles. The molecule has 0 saturated carbocycles.